The van der Waals surface area contributed by atoms with Gasteiger partial charge in [0.1, 0.15) is 5.82 Å². The summed E-state index contributed by atoms with van der Waals surface area (Å²) in [5, 5.41) is 5.76. The molecule has 1 aromatic heterocycles. The van der Waals surface area contributed by atoms with E-state index in [0.717, 1.165) is 29.3 Å². The van der Waals surface area contributed by atoms with Gasteiger partial charge in [-0.3, -0.25) is 14.5 Å². The molecule has 1 aliphatic rings. The molecule has 0 radical (unpaired) electrons. The summed E-state index contributed by atoms with van der Waals surface area (Å²) in [6.45, 7) is 6.31. The average Bonchev–Trinajstić information content (AvgIpc) is 2.65. The van der Waals surface area contributed by atoms with E-state index in [1.807, 2.05) is 50.2 Å². The molecule has 0 aliphatic carbocycles. The van der Waals surface area contributed by atoms with E-state index >= 15 is 0 Å². The van der Waals surface area contributed by atoms with Gasteiger partial charge in [-0.15, -0.1) is 0 Å². The standard InChI is InChI=1S/C21H27N5O2/c1-15-12-16(2)25-19(24-15)8-9-22-20(27)13-18-21(28)23-10-11-26(18)14-17-6-4-3-5-7-17/h3-7,12,18H,8-11,13-14H2,1-2H3,(H,22,27)(H,23,28)/t18-/m1/s1. The van der Waals surface area contributed by atoms with E-state index in [9.17, 15) is 9.59 Å². The summed E-state index contributed by atoms with van der Waals surface area (Å²) in [6, 6.07) is 11.5. The Balaban J connectivity index is 1.53. The molecule has 1 saturated heterocycles. The number of carbonyl (C=O) groups excluding carboxylic acids is 2. The van der Waals surface area contributed by atoms with E-state index in [4.69, 9.17) is 0 Å². The first kappa shape index (κ1) is 19.9. The maximum Gasteiger partial charge on any atom is 0.237 e. The second-order valence-electron chi connectivity index (χ2n) is 7.13. The molecule has 1 fully saturated rings. The van der Waals surface area contributed by atoms with Gasteiger partial charge < -0.3 is 10.6 Å². The highest BCUT2D eigenvalue weighted by molar-refractivity contribution is 5.88. The summed E-state index contributed by atoms with van der Waals surface area (Å²) in [5.41, 5.74) is 2.98. The number of amides is 2. The second-order valence-corrected chi connectivity index (χ2v) is 7.13. The Bertz CT molecular complexity index is 805. The molecule has 3 rings (SSSR count). The molecule has 0 unspecified atom stereocenters. The van der Waals surface area contributed by atoms with Crippen molar-refractivity contribution in [3.05, 3.63) is 59.2 Å². The summed E-state index contributed by atoms with van der Waals surface area (Å²) in [4.78, 5) is 35.6. The lowest BCUT2D eigenvalue weighted by atomic mass is 10.1. The number of rotatable bonds is 7. The molecule has 0 spiro atoms. The molecule has 148 valence electrons. The van der Waals surface area contributed by atoms with Crippen molar-refractivity contribution in [2.45, 2.75) is 39.3 Å². The van der Waals surface area contributed by atoms with Crippen LogP contribution in [0.25, 0.3) is 0 Å². The quantitative estimate of drug-likeness (QED) is 0.751. The second kappa shape index (κ2) is 9.41. The van der Waals surface area contributed by atoms with Gasteiger partial charge >= 0.3 is 0 Å². The van der Waals surface area contributed by atoms with Gasteiger partial charge in [0, 0.05) is 44.0 Å². The van der Waals surface area contributed by atoms with Crippen LogP contribution >= 0.6 is 0 Å². The monoisotopic (exact) mass is 381 g/mol. The number of aryl methyl sites for hydroxylation is 2. The largest absolute Gasteiger partial charge is 0.356 e. The summed E-state index contributed by atoms with van der Waals surface area (Å²) in [7, 11) is 0. The van der Waals surface area contributed by atoms with Crippen molar-refractivity contribution in [1.82, 2.24) is 25.5 Å². The molecular weight excluding hydrogens is 354 g/mol. The molecule has 1 aliphatic heterocycles. The van der Waals surface area contributed by atoms with Crippen molar-refractivity contribution in [2.75, 3.05) is 19.6 Å². The lowest BCUT2D eigenvalue weighted by Crippen LogP contribution is -2.56. The minimum Gasteiger partial charge on any atom is -0.356 e. The van der Waals surface area contributed by atoms with Crippen molar-refractivity contribution in [1.29, 1.82) is 0 Å². The Labute approximate surface area is 165 Å². The van der Waals surface area contributed by atoms with Gasteiger partial charge in [0.05, 0.1) is 12.5 Å². The van der Waals surface area contributed by atoms with E-state index in [2.05, 4.69) is 25.5 Å². The zero-order chi connectivity index (χ0) is 19.9. The Morgan fingerprint density at radius 1 is 1.21 bits per heavy atom. The highest BCUT2D eigenvalue weighted by Crippen LogP contribution is 2.14. The number of carbonyl (C=O) groups is 2. The highest BCUT2D eigenvalue weighted by Gasteiger charge is 2.31. The minimum absolute atomic E-state index is 0.0880. The maximum atomic E-state index is 12.4. The third-order valence-corrected chi connectivity index (χ3v) is 4.75. The third-order valence-electron chi connectivity index (χ3n) is 4.75. The van der Waals surface area contributed by atoms with E-state index in [0.29, 0.717) is 26.1 Å². The first-order chi connectivity index (χ1) is 13.5. The number of piperazine rings is 1. The molecular formula is C21H27N5O2. The number of aromatic nitrogens is 2. The predicted octanol–water partition coefficient (Wildman–Crippen LogP) is 1.14. The lowest BCUT2D eigenvalue weighted by Gasteiger charge is -2.34. The maximum absolute atomic E-state index is 12.4. The lowest BCUT2D eigenvalue weighted by molar-refractivity contribution is -0.134. The van der Waals surface area contributed by atoms with E-state index in [1.165, 1.54) is 0 Å². The van der Waals surface area contributed by atoms with E-state index in [-0.39, 0.29) is 18.2 Å². The molecule has 2 N–H and O–H groups in total. The molecule has 0 bridgehead atoms. The van der Waals surface area contributed by atoms with Crippen molar-refractivity contribution >= 4 is 11.8 Å². The van der Waals surface area contributed by atoms with Crippen LogP contribution < -0.4 is 10.6 Å². The Morgan fingerprint density at radius 2 is 1.93 bits per heavy atom. The molecule has 1 atom stereocenters. The molecule has 1 aromatic carbocycles. The van der Waals surface area contributed by atoms with Crippen LogP contribution in [-0.2, 0) is 22.6 Å². The normalized spacial score (nSPS) is 17.2. The fourth-order valence-corrected chi connectivity index (χ4v) is 3.46. The summed E-state index contributed by atoms with van der Waals surface area (Å²) in [6.07, 6.45) is 0.714. The molecule has 7 nitrogen and oxygen atoms in total. The van der Waals surface area contributed by atoms with Crippen LogP contribution in [0.5, 0.6) is 0 Å². The Hall–Kier alpha value is -2.80. The molecule has 28 heavy (non-hydrogen) atoms. The number of hydrogen-bond donors (Lipinski definition) is 2. The van der Waals surface area contributed by atoms with Crippen molar-refractivity contribution in [3.63, 3.8) is 0 Å². The first-order valence-corrected chi connectivity index (χ1v) is 9.65. The average molecular weight is 381 g/mol. The summed E-state index contributed by atoms with van der Waals surface area (Å²) < 4.78 is 0. The summed E-state index contributed by atoms with van der Waals surface area (Å²) >= 11 is 0. The first-order valence-electron chi connectivity index (χ1n) is 9.65. The topological polar surface area (TPSA) is 87.2 Å². The van der Waals surface area contributed by atoms with Crippen LogP contribution in [0.2, 0.25) is 0 Å². The SMILES string of the molecule is Cc1cc(C)nc(CCNC(=O)C[C@@H]2C(=O)NCCN2Cc2ccccc2)n1. The number of nitrogens with one attached hydrogen (secondary N) is 2. The number of hydrogen-bond acceptors (Lipinski definition) is 5. The number of benzene rings is 1. The molecule has 2 amide bonds. The zero-order valence-corrected chi connectivity index (χ0v) is 16.4. The van der Waals surface area contributed by atoms with Crippen LogP contribution in [0.1, 0.15) is 29.2 Å². The summed E-state index contributed by atoms with van der Waals surface area (Å²) in [5.74, 6) is 0.498. The third kappa shape index (κ3) is 5.60. The van der Waals surface area contributed by atoms with Gasteiger partial charge in [-0.05, 0) is 25.5 Å². The molecule has 2 heterocycles. The van der Waals surface area contributed by atoms with E-state index < -0.39 is 6.04 Å². The van der Waals surface area contributed by atoms with Crippen molar-refractivity contribution in [2.24, 2.45) is 0 Å². The molecule has 2 aromatic rings. The van der Waals surface area contributed by atoms with Gasteiger partial charge in [0.15, 0.2) is 0 Å². The van der Waals surface area contributed by atoms with Crippen LogP contribution in [-0.4, -0.2) is 52.4 Å². The van der Waals surface area contributed by atoms with Crippen LogP contribution in [0.4, 0.5) is 0 Å². The smallest absolute Gasteiger partial charge is 0.237 e. The zero-order valence-electron chi connectivity index (χ0n) is 16.4. The van der Waals surface area contributed by atoms with Crippen LogP contribution in [0.3, 0.4) is 0 Å². The fourth-order valence-electron chi connectivity index (χ4n) is 3.46. The molecule has 0 saturated carbocycles. The van der Waals surface area contributed by atoms with Crippen LogP contribution in [0, 0.1) is 13.8 Å². The van der Waals surface area contributed by atoms with E-state index in [1.54, 1.807) is 0 Å². The number of nitrogens with zero attached hydrogens (tertiary/aromatic N) is 3. The highest BCUT2D eigenvalue weighted by atomic mass is 16.2. The van der Waals surface area contributed by atoms with Gasteiger partial charge in [-0.1, -0.05) is 30.3 Å². The van der Waals surface area contributed by atoms with Crippen molar-refractivity contribution < 1.29 is 9.59 Å². The van der Waals surface area contributed by atoms with Crippen molar-refractivity contribution in [3.8, 4) is 0 Å². The van der Waals surface area contributed by atoms with Gasteiger partial charge in [-0.25, -0.2) is 9.97 Å². The van der Waals surface area contributed by atoms with Crippen LogP contribution in [0.15, 0.2) is 36.4 Å². The molecule has 7 heteroatoms. The minimum atomic E-state index is -0.452. The Morgan fingerprint density at radius 3 is 2.64 bits per heavy atom. The Kier molecular flexibility index (Phi) is 6.71. The van der Waals surface area contributed by atoms with Gasteiger partial charge in [-0.2, -0.15) is 0 Å². The van der Waals surface area contributed by atoms with Gasteiger partial charge in [0.25, 0.3) is 0 Å². The predicted molar refractivity (Wildman–Crippen MR) is 106 cm³/mol. The fraction of sp³-hybridized carbons (Fsp3) is 0.429. The van der Waals surface area contributed by atoms with Gasteiger partial charge in [0.2, 0.25) is 11.8 Å².